The van der Waals surface area contributed by atoms with Gasteiger partial charge in [0.05, 0.1) is 0 Å². The lowest BCUT2D eigenvalue weighted by Crippen LogP contribution is -2.56. The summed E-state index contributed by atoms with van der Waals surface area (Å²) < 4.78 is 62.8. The van der Waals surface area contributed by atoms with E-state index in [0.717, 1.165) is 13.6 Å². The summed E-state index contributed by atoms with van der Waals surface area (Å²) >= 11 is 2.26. The molecule has 1 aliphatic heterocycles. The maximum absolute atomic E-state index is 14.4. The minimum Gasteiger partial charge on any atom is -0.378 e. The third-order valence-corrected chi connectivity index (χ3v) is 13.0. The zero-order valence-corrected chi connectivity index (χ0v) is 31.8. The van der Waals surface area contributed by atoms with Crippen molar-refractivity contribution in [3.05, 3.63) is 131 Å². The van der Waals surface area contributed by atoms with Crippen LogP contribution in [0.15, 0.2) is 132 Å². The number of fused-ring (bicyclic) bond motifs is 2. The van der Waals surface area contributed by atoms with Gasteiger partial charge in [-0.2, -0.15) is 12.7 Å². The van der Waals surface area contributed by atoms with Crippen molar-refractivity contribution < 1.29 is 25.8 Å². The third kappa shape index (κ3) is 7.33. The number of pyridine rings is 2. The Morgan fingerprint density at radius 3 is 1.92 bits per heavy atom. The van der Waals surface area contributed by atoms with E-state index >= 15 is 0 Å². The first-order valence-corrected chi connectivity index (χ1v) is 20.4. The highest BCUT2D eigenvalue weighted by Crippen LogP contribution is 2.28. The number of hydrogen-bond donors (Lipinski definition) is 0. The Balaban J connectivity index is 1.15. The first-order valence-electron chi connectivity index (χ1n) is 16.5. The van der Waals surface area contributed by atoms with Crippen LogP contribution in [0.3, 0.4) is 0 Å². The van der Waals surface area contributed by atoms with E-state index in [1.165, 1.54) is 31.6 Å². The van der Waals surface area contributed by atoms with E-state index in [9.17, 15) is 21.6 Å². The smallest absolute Gasteiger partial charge is 0.357 e. The summed E-state index contributed by atoms with van der Waals surface area (Å²) in [5.41, 5.74) is 1.67. The van der Waals surface area contributed by atoms with Crippen molar-refractivity contribution in [3.63, 3.8) is 0 Å². The second-order valence-corrected chi connectivity index (χ2v) is 17.0. The molecule has 4 aromatic carbocycles. The van der Waals surface area contributed by atoms with E-state index in [2.05, 4.69) is 49.6 Å². The molecule has 1 atom stereocenters. The zero-order valence-electron chi connectivity index (χ0n) is 28.0. The lowest BCUT2D eigenvalue weighted by molar-refractivity contribution is -0.135. The summed E-state index contributed by atoms with van der Waals surface area (Å²) in [6, 6.07) is 30.8. The Morgan fingerprint density at radius 1 is 0.750 bits per heavy atom. The molecule has 1 fully saturated rings. The molecule has 0 aliphatic carbocycles. The highest BCUT2D eigenvalue weighted by atomic mass is 127. The molecule has 1 amide bonds. The SMILES string of the molecule is CN(C(Cc1ccc(OS(=O)(=O)c2nccc3ccccc23)cc1)C(=O)N1CCN(c2ccc(I)cc2)CC1)S(=O)(=O)c1nccc2ccccc12. The van der Waals surface area contributed by atoms with Crippen LogP contribution < -0.4 is 9.08 Å². The van der Waals surface area contributed by atoms with Crippen molar-refractivity contribution in [2.24, 2.45) is 0 Å². The van der Waals surface area contributed by atoms with Gasteiger partial charge in [0.25, 0.3) is 10.0 Å². The average molecular weight is 848 g/mol. The fourth-order valence-electron chi connectivity index (χ4n) is 6.38. The van der Waals surface area contributed by atoms with E-state index in [1.54, 1.807) is 59.5 Å². The number of carbonyl (C=O) groups is 1. The fourth-order valence-corrected chi connectivity index (χ4v) is 9.26. The van der Waals surface area contributed by atoms with E-state index in [1.807, 2.05) is 30.3 Å². The molecule has 1 unspecified atom stereocenters. The van der Waals surface area contributed by atoms with Crippen LogP contribution in [-0.2, 0) is 31.4 Å². The lowest BCUT2D eigenvalue weighted by Gasteiger charge is -2.39. The number of anilines is 1. The van der Waals surface area contributed by atoms with Gasteiger partial charge in [0.2, 0.25) is 10.9 Å². The van der Waals surface area contributed by atoms with Gasteiger partial charge in [-0.3, -0.25) is 4.79 Å². The molecule has 52 heavy (non-hydrogen) atoms. The Kier molecular flexibility index (Phi) is 10.2. The number of aromatic nitrogens is 2. The lowest BCUT2D eigenvalue weighted by atomic mass is 10.0. The number of nitrogens with zero attached hydrogens (tertiary/aromatic N) is 5. The molecule has 0 spiro atoms. The Morgan fingerprint density at radius 2 is 1.31 bits per heavy atom. The van der Waals surface area contributed by atoms with Crippen molar-refractivity contribution >= 4 is 75.9 Å². The van der Waals surface area contributed by atoms with Gasteiger partial charge in [0.15, 0.2) is 5.03 Å². The van der Waals surface area contributed by atoms with Crippen molar-refractivity contribution in [1.82, 2.24) is 19.2 Å². The summed E-state index contributed by atoms with van der Waals surface area (Å²) in [5.74, 6) is -0.285. The Bertz CT molecular complexity index is 2460. The van der Waals surface area contributed by atoms with Crippen LogP contribution >= 0.6 is 22.6 Å². The summed E-state index contributed by atoms with van der Waals surface area (Å²) in [5, 5.41) is 1.98. The number of likely N-dealkylation sites (N-methyl/N-ethyl adjacent to an activating group) is 1. The molecular weight excluding hydrogens is 813 g/mol. The molecule has 266 valence electrons. The van der Waals surface area contributed by atoms with Crippen LogP contribution in [0, 0.1) is 3.57 Å². The normalized spacial score (nSPS) is 14.5. The summed E-state index contributed by atoms with van der Waals surface area (Å²) in [4.78, 5) is 26.6. The summed E-state index contributed by atoms with van der Waals surface area (Å²) in [6.45, 7) is 2.00. The third-order valence-electron chi connectivity index (χ3n) is 9.20. The number of sulfonamides is 1. The minimum atomic E-state index is -4.28. The van der Waals surface area contributed by atoms with Crippen LogP contribution in [-0.4, -0.2) is 81.2 Å². The minimum absolute atomic E-state index is 0.0224. The molecule has 3 heterocycles. The van der Waals surface area contributed by atoms with Gasteiger partial charge in [0, 0.05) is 65.7 Å². The average Bonchev–Trinajstić information content (AvgIpc) is 3.17. The van der Waals surface area contributed by atoms with Crippen molar-refractivity contribution in [2.45, 2.75) is 22.5 Å². The van der Waals surface area contributed by atoms with E-state index in [0.29, 0.717) is 53.3 Å². The molecule has 14 heteroatoms. The molecule has 1 aliphatic rings. The standard InChI is InChI=1S/C38H34IN5O6S2/c1-42(51(46,47)36-33-8-4-2-6-28(33)18-20-40-36)35(38(45)44-24-22-43(23-25-44)31-14-12-30(39)13-15-31)26-27-10-16-32(17-11-27)50-52(48,49)37-34-9-5-3-7-29(34)19-21-41-37/h2-21,35H,22-26H2,1H3. The number of hydrogen-bond acceptors (Lipinski definition) is 9. The fraction of sp³-hybridized carbons (Fsp3) is 0.184. The molecule has 1 saturated heterocycles. The van der Waals surface area contributed by atoms with Gasteiger partial charge in [-0.05, 0) is 93.9 Å². The summed E-state index contributed by atoms with van der Waals surface area (Å²) in [6.07, 6.45) is 2.89. The van der Waals surface area contributed by atoms with Gasteiger partial charge in [-0.1, -0.05) is 60.7 Å². The highest BCUT2D eigenvalue weighted by molar-refractivity contribution is 14.1. The van der Waals surface area contributed by atoms with Crippen LogP contribution in [0.2, 0.25) is 0 Å². The van der Waals surface area contributed by atoms with Gasteiger partial charge >= 0.3 is 10.1 Å². The van der Waals surface area contributed by atoms with Crippen molar-refractivity contribution in [2.75, 3.05) is 38.1 Å². The second-order valence-electron chi connectivity index (χ2n) is 12.4. The van der Waals surface area contributed by atoms with E-state index in [4.69, 9.17) is 4.18 Å². The van der Waals surface area contributed by atoms with Gasteiger partial charge in [-0.15, -0.1) is 0 Å². The molecule has 0 bridgehead atoms. The van der Waals surface area contributed by atoms with E-state index in [-0.39, 0.29) is 28.1 Å². The predicted octanol–water partition coefficient (Wildman–Crippen LogP) is 5.74. The quantitative estimate of drug-likeness (QED) is 0.125. The van der Waals surface area contributed by atoms with Crippen LogP contribution in [0.25, 0.3) is 21.5 Å². The van der Waals surface area contributed by atoms with Gasteiger partial charge < -0.3 is 14.0 Å². The van der Waals surface area contributed by atoms with Crippen molar-refractivity contribution in [1.29, 1.82) is 0 Å². The van der Waals surface area contributed by atoms with Crippen LogP contribution in [0.4, 0.5) is 5.69 Å². The monoisotopic (exact) mass is 847 g/mol. The maximum atomic E-state index is 14.4. The molecule has 11 nitrogen and oxygen atoms in total. The first kappa shape index (κ1) is 35.7. The molecule has 2 aromatic heterocycles. The number of benzene rings is 4. The molecule has 6 aromatic rings. The number of rotatable bonds is 10. The molecule has 0 saturated carbocycles. The van der Waals surface area contributed by atoms with Gasteiger partial charge in [0.1, 0.15) is 11.8 Å². The molecule has 0 N–H and O–H groups in total. The maximum Gasteiger partial charge on any atom is 0.357 e. The van der Waals surface area contributed by atoms with Crippen molar-refractivity contribution in [3.8, 4) is 5.75 Å². The van der Waals surface area contributed by atoms with Crippen LogP contribution in [0.5, 0.6) is 5.75 Å². The topological polar surface area (TPSA) is 130 Å². The Labute approximate surface area is 316 Å². The number of amides is 1. The van der Waals surface area contributed by atoms with E-state index < -0.39 is 26.2 Å². The first-order chi connectivity index (χ1) is 25.0. The highest BCUT2D eigenvalue weighted by Gasteiger charge is 2.38. The molecular formula is C38H34IN5O6S2. The zero-order chi connectivity index (χ0) is 36.5. The number of carbonyl (C=O) groups excluding carboxylic acids is 1. The second kappa shape index (κ2) is 14.8. The molecule has 0 radical (unpaired) electrons. The molecule has 7 rings (SSSR count). The largest absolute Gasteiger partial charge is 0.378 e. The predicted molar refractivity (Wildman–Crippen MR) is 208 cm³/mol. The van der Waals surface area contributed by atoms with Gasteiger partial charge in [-0.25, -0.2) is 18.4 Å². The Hall–Kier alpha value is -4.64. The number of piperazine rings is 1. The van der Waals surface area contributed by atoms with Crippen LogP contribution in [0.1, 0.15) is 5.56 Å². The summed E-state index contributed by atoms with van der Waals surface area (Å²) in [7, 11) is -7.13. The number of halogens is 1.